The van der Waals surface area contributed by atoms with Crippen LogP contribution in [0.3, 0.4) is 0 Å². The third kappa shape index (κ3) is 1.65. The minimum atomic E-state index is -0.00694. The first-order chi connectivity index (χ1) is 6.77. The highest BCUT2D eigenvalue weighted by Gasteiger charge is 2.09. The number of anilines is 1. The van der Waals surface area contributed by atoms with E-state index in [-0.39, 0.29) is 5.78 Å². The second kappa shape index (κ2) is 3.59. The van der Waals surface area contributed by atoms with Gasteiger partial charge in [-0.2, -0.15) is 0 Å². The zero-order valence-corrected chi connectivity index (χ0v) is 8.12. The molecule has 14 heavy (non-hydrogen) atoms. The van der Waals surface area contributed by atoms with Crippen molar-refractivity contribution in [3.8, 4) is 0 Å². The molecule has 0 unspecified atom stereocenters. The first-order valence-electron chi connectivity index (χ1n) is 4.06. The molecule has 0 aliphatic rings. The van der Waals surface area contributed by atoms with Crippen LogP contribution in [0.5, 0.6) is 0 Å². The van der Waals surface area contributed by atoms with Crippen molar-refractivity contribution in [2.24, 2.45) is 0 Å². The van der Waals surface area contributed by atoms with Gasteiger partial charge in [0.1, 0.15) is 0 Å². The van der Waals surface area contributed by atoms with Gasteiger partial charge in [0, 0.05) is 17.4 Å². The fourth-order valence-electron chi connectivity index (χ4n) is 1.10. The summed E-state index contributed by atoms with van der Waals surface area (Å²) in [4.78, 5) is 16.3. The molecule has 3 nitrogen and oxygen atoms in total. The first kappa shape index (κ1) is 8.90. The highest BCUT2D eigenvalue weighted by atomic mass is 32.1. The lowest BCUT2D eigenvalue weighted by Crippen LogP contribution is -1.98. The maximum absolute atomic E-state index is 11.7. The number of benzene rings is 1. The number of rotatable bonds is 2. The SMILES string of the molecule is Nc1ccc(C(=O)c2cncs2)cc1. The molecular formula is C10H8N2OS. The smallest absolute Gasteiger partial charge is 0.204 e. The summed E-state index contributed by atoms with van der Waals surface area (Å²) in [5, 5.41) is 0. The fourth-order valence-corrected chi connectivity index (χ4v) is 1.69. The summed E-state index contributed by atoms with van der Waals surface area (Å²) in [5.41, 5.74) is 8.47. The molecule has 4 heteroatoms. The van der Waals surface area contributed by atoms with Crippen LogP contribution in [0.1, 0.15) is 15.2 Å². The molecule has 70 valence electrons. The van der Waals surface area contributed by atoms with Crippen molar-refractivity contribution < 1.29 is 4.79 Å². The molecule has 1 heterocycles. The molecular weight excluding hydrogens is 196 g/mol. The average molecular weight is 204 g/mol. The molecule has 0 spiro atoms. The predicted molar refractivity (Wildman–Crippen MR) is 56.4 cm³/mol. The van der Waals surface area contributed by atoms with Crippen molar-refractivity contribution in [2.75, 3.05) is 5.73 Å². The van der Waals surface area contributed by atoms with Crippen LogP contribution in [0.2, 0.25) is 0 Å². The molecule has 0 saturated heterocycles. The molecule has 0 radical (unpaired) electrons. The standard InChI is InChI=1S/C10H8N2OS/c11-8-3-1-7(2-4-8)10(13)9-5-12-6-14-9/h1-6H,11H2. The lowest BCUT2D eigenvalue weighted by Gasteiger charge is -1.97. The van der Waals surface area contributed by atoms with Crippen LogP contribution in [0.15, 0.2) is 36.0 Å². The van der Waals surface area contributed by atoms with E-state index in [1.165, 1.54) is 11.3 Å². The van der Waals surface area contributed by atoms with Crippen LogP contribution in [0.25, 0.3) is 0 Å². The second-order valence-electron chi connectivity index (χ2n) is 2.82. The second-order valence-corrected chi connectivity index (χ2v) is 3.70. The van der Waals surface area contributed by atoms with Gasteiger partial charge in [-0.1, -0.05) is 0 Å². The Bertz CT molecular complexity index is 434. The van der Waals surface area contributed by atoms with Gasteiger partial charge in [-0.15, -0.1) is 11.3 Å². The fraction of sp³-hybridized carbons (Fsp3) is 0. The van der Waals surface area contributed by atoms with Gasteiger partial charge in [0.15, 0.2) is 0 Å². The van der Waals surface area contributed by atoms with E-state index in [1.54, 1.807) is 36.0 Å². The van der Waals surface area contributed by atoms with Gasteiger partial charge < -0.3 is 5.73 Å². The summed E-state index contributed by atoms with van der Waals surface area (Å²) in [7, 11) is 0. The summed E-state index contributed by atoms with van der Waals surface area (Å²) in [5.74, 6) is -0.00694. The van der Waals surface area contributed by atoms with E-state index in [0.717, 1.165) is 0 Å². The minimum absolute atomic E-state index is 0.00694. The van der Waals surface area contributed by atoms with Crippen molar-refractivity contribution in [3.63, 3.8) is 0 Å². The maximum atomic E-state index is 11.7. The van der Waals surface area contributed by atoms with Gasteiger partial charge in [-0.05, 0) is 24.3 Å². The van der Waals surface area contributed by atoms with Crippen LogP contribution >= 0.6 is 11.3 Å². The Balaban J connectivity index is 2.33. The summed E-state index contributed by atoms with van der Waals surface area (Å²) in [6.45, 7) is 0. The van der Waals surface area contributed by atoms with Gasteiger partial charge in [0.05, 0.1) is 10.4 Å². The zero-order chi connectivity index (χ0) is 9.97. The molecule has 0 saturated carbocycles. The van der Waals surface area contributed by atoms with Gasteiger partial charge in [-0.25, -0.2) is 0 Å². The summed E-state index contributed by atoms with van der Waals surface area (Å²) in [6.07, 6.45) is 1.57. The number of carbonyl (C=O) groups is 1. The Morgan fingerprint density at radius 2 is 2.00 bits per heavy atom. The highest BCUT2D eigenvalue weighted by Crippen LogP contribution is 2.14. The van der Waals surface area contributed by atoms with Crippen molar-refractivity contribution >= 4 is 22.8 Å². The molecule has 2 aromatic rings. The number of thiazole rings is 1. The molecule has 0 aliphatic carbocycles. The van der Waals surface area contributed by atoms with Crippen LogP contribution < -0.4 is 5.73 Å². The Hall–Kier alpha value is -1.68. The lowest BCUT2D eigenvalue weighted by molar-refractivity contribution is 0.104. The van der Waals surface area contributed by atoms with E-state index >= 15 is 0 Å². The minimum Gasteiger partial charge on any atom is -0.399 e. The van der Waals surface area contributed by atoms with Gasteiger partial charge in [-0.3, -0.25) is 9.78 Å². The summed E-state index contributed by atoms with van der Waals surface area (Å²) in [6, 6.07) is 6.87. The largest absolute Gasteiger partial charge is 0.399 e. The van der Waals surface area contributed by atoms with E-state index < -0.39 is 0 Å². The molecule has 0 atom stereocenters. The van der Waals surface area contributed by atoms with Crippen molar-refractivity contribution in [3.05, 3.63) is 46.4 Å². The number of hydrogen-bond acceptors (Lipinski definition) is 4. The number of nitrogens with two attached hydrogens (primary N) is 1. The molecule has 1 aromatic carbocycles. The number of nitrogens with zero attached hydrogens (tertiary/aromatic N) is 1. The molecule has 2 rings (SSSR count). The molecule has 0 bridgehead atoms. The van der Waals surface area contributed by atoms with Crippen molar-refractivity contribution in [2.45, 2.75) is 0 Å². The third-order valence-corrected chi connectivity index (χ3v) is 2.60. The van der Waals surface area contributed by atoms with Gasteiger partial charge in [0.2, 0.25) is 5.78 Å². The predicted octanol–water partition coefficient (Wildman–Crippen LogP) is 1.96. The van der Waals surface area contributed by atoms with Gasteiger partial charge in [0.25, 0.3) is 0 Å². The van der Waals surface area contributed by atoms with E-state index in [9.17, 15) is 4.79 Å². The van der Waals surface area contributed by atoms with Gasteiger partial charge >= 0.3 is 0 Å². The topological polar surface area (TPSA) is 56.0 Å². The van der Waals surface area contributed by atoms with Crippen LogP contribution in [-0.4, -0.2) is 10.8 Å². The Labute approximate surface area is 85.2 Å². The Kier molecular flexibility index (Phi) is 2.28. The molecule has 1 aromatic heterocycles. The molecule has 0 aliphatic heterocycles. The Morgan fingerprint density at radius 1 is 1.29 bits per heavy atom. The number of nitrogen functional groups attached to an aromatic ring is 1. The molecule has 0 fully saturated rings. The summed E-state index contributed by atoms with van der Waals surface area (Å²) >= 11 is 1.34. The first-order valence-corrected chi connectivity index (χ1v) is 4.94. The Morgan fingerprint density at radius 3 is 2.57 bits per heavy atom. The summed E-state index contributed by atoms with van der Waals surface area (Å²) < 4.78 is 0. The lowest BCUT2D eigenvalue weighted by atomic mass is 10.1. The zero-order valence-electron chi connectivity index (χ0n) is 7.31. The van der Waals surface area contributed by atoms with Crippen LogP contribution in [0, 0.1) is 0 Å². The highest BCUT2D eigenvalue weighted by molar-refractivity contribution is 7.11. The van der Waals surface area contributed by atoms with E-state index in [1.807, 2.05) is 0 Å². The average Bonchev–Trinajstić information content (AvgIpc) is 2.71. The van der Waals surface area contributed by atoms with Crippen LogP contribution in [0.4, 0.5) is 5.69 Å². The maximum Gasteiger partial charge on any atom is 0.204 e. The van der Waals surface area contributed by atoms with Crippen molar-refractivity contribution in [1.29, 1.82) is 0 Å². The number of hydrogen-bond donors (Lipinski definition) is 1. The third-order valence-electron chi connectivity index (χ3n) is 1.83. The van der Waals surface area contributed by atoms with E-state index in [0.29, 0.717) is 16.1 Å². The number of aromatic nitrogens is 1. The monoisotopic (exact) mass is 204 g/mol. The number of carbonyl (C=O) groups excluding carboxylic acids is 1. The van der Waals surface area contributed by atoms with Crippen LogP contribution in [-0.2, 0) is 0 Å². The van der Waals surface area contributed by atoms with E-state index in [2.05, 4.69) is 4.98 Å². The normalized spacial score (nSPS) is 10.0. The quantitative estimate of drug-likeness (QED) is 0.601. The molecule has 2 N–H and O–H groups in total. The number of ketones is 1. The van der Waals surface area contributed by atoms with Crippen molar-refractivity contribution in [1.82, 2.24) is 4.98 Å². The van der Waals surface area contributed by atoms with E-state index in [4.69, 9.17) is 5.73 Å². The molecule has 0 amide bonds.